The Labute approximate surface area is 649 Å². The first-order chi connectivity index (χ1) is 50.6. The van der Waals surface area contributed by atoms with Crippen LogP contribution in [0.4, 0.5) is 14.4 Å². The Bertz CT molecular complexity index is 2900. The molecule has 602 valence electrons. The Hall–Kier alpha value is -3.05. The van der Waals surface area contributed by atoms with Crippen LogP contribution in [0.3, 0.4) is 0 Å². The Morgan fingerprint density at radius 2 is 0.698 bits per heavy atom. The van der Waals surface area contributed by atoms with Crippen molar-refractivity contribution in [3.05, 3.63) is 34.9 Å². The zero-order chi connectivity index (χ0) is 75.6. The first-order valence-corrected chi connectivity index (χ1v) is 46.0. The van der Waals surface area contributed by atoms with Crippen molar-refractivity contribution < 1.29 is 33.1 Å². The minimum atomic E-state index is -0.316. The smallest absolute Gasteiger partial charge is 0.407 e. The Balaban J connectivity index is 0.638. The van der Waals surface area contributed by atoms with Crippen molar-refractivity contribution in [2.45, 2.75) is 353 Å². The van der Waals surface area contributed by atoms with Crippen LogP contribution in [0.15, 0.2) is 34.9 Å². The largest absolute Gasteiger partial charge is 0.446 e. The number of carbonyl (C=O) groups excluding carboxylic acids is 3. The summed E-state index contributed by atoms with van der Waals surface area (Å²) in [5.41, 5.74) is 13.0. The highest BCUT2D eigenvalue weighted by atomic mass is 16.6. The summed E-state index contributed by atoms with van der Waals surface area (Å²) < 4.78 is 19.9. The summed E-state index contributed by atoms with van der Waals surface area (Å²) >= 11 is 0. The second kappa shape index (κ2) is 34.7. The summed E-state index contributed by atoms with van der Waals surface area (Å²) in [6, 6.07) is 0. The molecular formula is C95H162N5O6+. The minimum absolute atomic E-state index is 0.101. The molecule has 0 aromatic rings. The first-order valence-electron chi connectivity index (χ1n) is 46.0. The van der Waals surface area contributed by atoms with Crippen LogP contribution in [0.5, 0.6) is 0 Å². The quantitative estimate of drug-likeness (QED) is 0.0227. The molecule has 0 heterocycles. The number of nitrogens with zero attached hydrogens (tertiary/aromatic N) is 1. The van der Waals surface area contributed by atoms with Gasteiger partial charge in [0.1, 0.15) is 18.3 Å². The van der Waals surface area contributed by atoms with E-state index in [1.54, 1.807) is 16.7 Å². The number of fused-ring (bicyclic) bond motifs is 15. The van der Waals surface area contributed by atoms with Crippen molar-refractivity contribution >= 4 is 18.3 Å². The number of nitrogens with two attached hydrogens (primary N) is 1. The van der Waals surface area contributed by atoms with E-state index in [9.17, 15) is 14.4 Å². The number of allylic oxidation sites excluding steroid dienone is 3. The Kier molecular flexibility index (Phi) is 27.0. The highest BCUT2D eigenvalue weighted by Crippen LogP contribution is 2.71. The summed E-state index contributed by atoms with van der Waals surface area (Å²) in [6.45, 7) is 43.0. The fourth-order valence-electron chi connectivity index (χ4n) is 29.5. The van der Waals surface area contributed by atoms with E-state index in [-0.39, 0.29) is 52.8 Å². The molecule has 11 heteroatoms. The maximum Gasteiger partial charge on any atom is 0.407 e. The summed E-state index contributed by atoms with van der Waals surface area (Å²) in [5, 5.41) is 9.71. The SMILES string of the molecule is CC(C)CCCC(C)C1CCC2C3CC=C4CC(OC(=O)NCCC[N+](CCCN)(CCCNC(=O)OC5CCC6(C)C(=CCC7C6CCC6(C)C(C(C)CCCC(C)C)CCC76)C5)CCNC(=O)OC5CCC6(C)C(=CCC7C6CCC6(C)C(C(C)CCCC(C)C)CCC76)C5)CCC4(C)C3CCC12C. The number of ether oxygens (including phenoxy) is 3. The highest BCUT2D eigenvalue weighted by Gasteiger charge is 2.63. The number of hydrogen-bond donors (Lipinski definition) is 4. The number of rotatable bonds is 32. The van der Waals surface area contributed by atoms with Crippen molar-refractivity contribution in [2.24, 2.45) is 145 Å². The molecule has 9 fully saturated rings. The van der Waals surface area contributed by atoms with Gasteiger partial charge in [-0.3, -0.25) is 0 Å². The van der Waals surface area contributed by atoms with Crippen molar-refractivity contribution in [1.82, 2.24) is 16.0 Å². The third-order valence-electron chi connectivity index (χ3n) is 35.4. The summed E-state index contributed by atoms with van der Waals surface area (Å²) in [6.07, 6.45) is 50.1. The van der Waals surface area contributed by atoms with Crippen LogP contribution in [0, 0.1) is 139 Å². The zero-order valence-corrected chi connectivity index (χ0v) is 70.9. The molecule has 0 bridgehead atoms. The van der Waals surface area contributed by atoms with Crippen LogP contribution in [-0.4, -0.2) is 93.4 Å². The third kappa shape index (κ3) is 17.4. The average Bonchev–Trinajstić information content (AvgIpc) is 1.33. The molecule has 0 radical (unpaired) electrons. The molecule has 0 aliphatic heterocycles. The van der Waals surface area contributed by atoms with Crippen molar-refractivity contribution in [3.63, 3.8) is 0 Å². The van der Waals surface area contributed by atoms with Gasteiger partial charge in [0.2, 0.25) is 0 Å². The van der Waals surface area contributed by atoms with Gasteiger partial charge in [0, 0.05) is 51.6 Å². The molecule has 24 atom stereocenters. The van der Waals surface area contributed by atoms with Gasteiger partial charge in [-0.1, -0.05) is 197 Å². The average molecular weight is 1470 g/mol. The summed E-state index contributed by atoms with van der Waals surface area (Å²) in [5.74, 6) is 14.4. The molecule has 0 aromatic carbocycles. The molecule has 12 aliphatic rings. The molecular weight excluding hydrogens is 1310 g/mol. The van der Waals surface area contributed by atoms with Crippen LogP contribution in [0.2, 0.25) is 0 Å². The fourth-order valence-corrected chi connectivity index (χ4v) is 29.5. The van der Waals surface area contributed by atoms with Crippen LogP contribution in [-0.2, 0) is 14.2 Å². The predicted octanol–water partition coefficient (Wildman–Crippen LogP) is 23.3. The number of alkyl carbamates (subject to hydrolysis) is 3. The monoisotopic (exact) mass is 1470 g/mol. The highest BCUT2D eigenvalue weighted by molar-refractivity contribution is 5.68. The van der Waals surface area contributed by atoms with Crippen molar-refractivity contribution in [2.75, 3.05) is 52.4 Å². The minimum Gasteiger partial charge on any atom is -0.446 e. The second-order valence-electron chi connectivity index (χ2n) is 42.5. The zero-order valence-electron chi connectivity index (χ0n) is 70.9. The van der Waals surface area contributed by atoms with Gasteiger partial charge in [-0.15, -0.1) is 0 Å². The molecule has 24 unspecified atom stereocenters. The van der Waals surface area contributed by atoms with E-state index in [2.05, 4.69) is 138 Å². The number of hydrogen-bond acceptors (Lipinski definition) is 7. The second-order valence-corrected chi connectivity index (χ2v) is 42.5. The molecule has 12 rings (SSSR count). The van der Waals surface area contributed by atoms with Gasteiger partial charge in [0.05, 0.1) is 32.7 Å². The van der Waals surface area contributed by atoms with E-state index in [0.29, 0.717) is 53.5 Å². The van der Waals surface area contributed by atoms with Gasteiger partial charge in [0.25, 0.3) is 0 Å². The number of quaternary nitrogens is 1. The lowest BCUT2D eigenvalue weighted by Crippen LogP contribution is -2.55. The van der Waals surface area contributed by atoms with E-state index in [4.69, 9.17) is 19.9 Å². The topological polar surface area (TPSA) is 141 Å². The Morgan fingerprint density at radius 1 is 0.387 bits per heavy atom. The molecule has 0 spiro atoms. The molecule has 106 heavy (non-hydrogen) atoms. The van der Waals surface area contributed by atoms with Gasteiger partial charge in [-0.25, -0.2) is 14.4 Å². The predicted molar refractivity (Wildman–Crippen MR) is 437 cm³/mol. The maximum absolute atomic E-state index is 14.1. The van der Waals surface area contributed by atoms with Gasteiger partial charge in [0.15, 0.2) is 0 Å². The van der Waals surface area contributed by atoms with E-state index in [0.717, 1.165) is 203 Å². The summed E-state index contributed by atoms with van der Waals surface area (Å²) in [7, 11) is 0. The van der Waals surface area contributed by atoms with Crippen LogP contribution >= 0.6 is 0 Å². The Morgan fingerprint density at radius 3 is 1.01 bits per heavy atom. The fraction of sp³-hybridized carbons (Fsp3) is 0.905. The third-order valence-corrected chi connectivity index (χ3v) is 35.4. The lowest BCUT2D eigenvalue weighted by Gasteiger charge is -2.58. The maximum atomic E-state index is 14.1. The number of nitrogens with one attached hydrogen (secondary N) is 3. The standard InChI is InChI=1S/C95H161N5O6/c1-63(2)22-16-25-66(7)78-34-37-81-75-31-28-69-60-72(40-46-90(69,10)84(75)43-49-93(78,81)13)104-87(101)97-53-20-57-100(56-19-52-96,59-55-99-89(103)106-74-42-48-92(12)71(62-74)30-33-77-83-39-36-80(68(9)27-18-24-65(5)6)95(83,15)51-45-86(77)92)58-21-54-98-88(102)105-73-41-47-91(11)70(61-73)29-32-76-82-38-35-79(67(8)26-17-23-64(3)4)94(82,14)50-44-85(76)91/h28-30,63-68,72-86H,16-27,31-62,96H2,1-15H3,(H2-,97,98,99,101,102,103)/p+1. The normalized spacial score (nSPS) is 40.0. The number of carbonyl (C=O) groups is 3. The van der Waals surface area contributed by atoms with Crippen LogP contribution in [0.25, 0.3) is 0 Å². The number of amides is 3. The van der Waals surface area contributed by atoms with Gasteiger partial charge in [-0.2, -0.15) is 0 Å². The van der Waals surface area contributed by atoms with E-state index in [1.165, 1.54) is 154 Å². The lowest BCUT2D eigenvalue weighted by atomic mass is 9.47. The van der Waals surface area contributed by atoms with Crippen LogP contribution in [0.1, 0.15) is 335 Å². The van der Waals surface area contributed by atoms with Crippen LogP contribution < -0.4 is 21.7 Å². The van der Waals surface area contributed by atoms with E-state index in [1.807, 2.05) is 0 Å². The molecule has 11 nitrogen and oxygen atoms in total. The molecule has 5 N–H and O–H groups in total. The van der Waals surface area contributed by atoms with E-state index >= 15 is 0 Å². The lowest BCUT2D eigenvalue weighted by molar-refractivity contribution is -0.927. The molecule has 3 amide bonds. The molecule has 9 saturated carbocycles. The molecule has 0 aromatic heterocycles. The molecule has 12 aliphatic carbocycles. The molecule has 0 saturated heterocycles. The van der Waals surface area contributed by atoms with Gasteiger partial charge >= 0.3 is 18.3 Å². The van der Waals surface area contributed by atoms with Gasteiger partial charge in [-0.05, 0) is 280 Å². The first kappa shape index (κ1) is 82.4. The van der Waals surface area contributed by atoms with Crippen molar-refractivity contribution in [1.29, 1.82) is 0 Å². The van der Waals surface area contributed by atoms with E-state index < -0.39 is 0 Å². The summed E-state index contributed by atoms with van der Waals surface area (Å²) in [4.78, 5) is 41.9. The van der Waals surface area contributed by atoms with Crippen molar-refractivity contribution in [3.8, 4) is 0 Å². The van der Waals surface area contributed by atoms with Gasteiger partial charge < -0.3 is 40.4 Å².